The zero-order valence-corrected chi connectivity index (χ0v) is 22.9. The van der Waals surface area contributed by atoms with Gasteiger partial charge in [0.05, 0.1) is 40.9 Å². The molecule has 12 heteroatoms. The van der Waals surface area contributed by atoms with Crippen LogP contribution in [-0.2, 0) is 4.74 Å². The summed E-state index contributed by atoms with van der Waals surface area (Å²) in [5.41, 5.74) is 3.79. The van der Waals surface area contributed by atoms with E-state index < -0.39 is 24.1 Å². The highest BCUT2D eigenvalue weighted by molar-refractivity contribution is 7.21. The topological polar surface area (TPSA) is 108 Å². The first-order valence-corrected chi connectivity index (χ1v) is 13.1. The maximum Gasteiger partial charge on any atom is 0.412 e. The molecule has 5 aromatic rings. The molecule has 0 unspecified atom stereocenters. The molecule has 0 saturated heterocycles. The summed E-state index contributed by atoms with van der Waals surface area (Å²) >= 11 is 7.73. The molecule has 0 radical (unpaired) electrons. The van der Waals surface area contributed by atoms with Crippen LogP contribution in [0.15, 0.2) is 48.9 Å². The molecule has 9 nitrogen and oxygen atoms in total. The van der Waals surface area contributed by atoms with Crippen LogP contribution in [0.25, 0.3) is 31.8 Å². The van der Waals surface area contributed by atoms with E-state index in [0.717, 1.165) is 11.1 Å². The Morgan fingerprint density at radius 2 is 1.95 bits per heavy atom. The van der Waals surface area contributed by atoms with Crippen molar-refractivity contribution >= 4 is 56.0 Å². The number of aromatic nitrogens is 4. The number of pyridine rings is 1. The summed E-state index contributed by atoms with van der Waals surface area (Å²) < 4.78 is 32.3. The summed E-state index contributed by atoms with van der Waals surface area (Å²) in [5, 5.41) is 3.02. The van der Waals surface area contributed by atoms with E-state index in [2.05, 4.69) is 25.3 Å². The van der Waals surface area contributed by atoms with E-state index in [4.69, 9.17) is 25.8 Å². The number of fused-ring (bicyclic) bond motifs is 2. The van der Waals surface area contributed by atoms with Gasteiger partial charge in [0, 0.05) is 17.8 Å². The second-order valence-electron chi connectivity index (χ2n) is 8.76. The van der Waals surface area contributed by atoms with Crippen molar-refractivity contribution in [3.8, 4) is 22.2 Å². The third-order valence-corrected chi connectivity index (χ3v) is 7.30. The number of nitrogens with one attached hydrogen (secondary N) is 1. The first-order chi connectivity index (χ1) is 18.7. The molecule has 3 aromatic heterocycles. The van der Waals surface area contributed by atoms with Crippen molar-refractivity contribution in [2.75, 3.05) is 12.4 Å². The van der Waals surface area contributed by atoms with Gasteiger partial charge in [0.1, 0.15) is 27.8 Å². The van der Waals surface area contributed by atoms with Gasteiger partial charge in [-0.1, -0.05) is 11.6 Å². The van der Waals surface area contributed by atoms with Crippen molar-refractivity contribution in [3.63, 3.8) is 0 Å². The number of amides is 1. The zero-order chi connectivity index (χ0) is 27.7. The highest BCUT2D eigenvalue weighted by Gasteiger charge is 2.24. The Morgan fingerprint density at radius 3 is 2.69 bits per heavy atom. The van der Waals surface area contributed by atoms with E-state index in [1.54, 1.807) is 38.2 Å². The number of rotatable bonds is 7. The standard InChI is InChI=1S/C27H23ClFN5O4S/c1-13-8-17(24-18(9-13)33-21(36-4)12-31-24)26-34-25-20(39-26)10-19(23(29)22(25)28)37-14(2)15(3)38-27(35)32-16-6-5-7-30-11-16/h5-12,14-15H,1-4H3,(H,32,35)/t14-,15+/m0/s1. The van der Waals surface area contributed by atoms with Crippen LogP contribution < -0.4 is 14.8 Å². The summed E-state index contributed by atoms with van der Waals surface area (Å²) in [6, 6.07) is 8.76. The second kappa shape index (κ2) is 11.0. The van der Waals surface area contributed by atoms with Crippen LogP contribution in [0.2, 0.25) is 5.02 Å². The monoisotopic (exact) mass is 567 g/mol. The third-order valence-electron chi connectivity index (χ3n) is 5.92. The molecule has 2 aromatic carbocycles. The predicted molar refractivity (Wildman–Crippen MR) is 148 cm³/mol. The molecule has 5 rings (SSSR count). The van der Waals surface area contributed by atoms with Crippen LogP contribution in [0.4, 0.5) is 14.9 Å². The molecule has 3 heterocycles. The van der Waals surface area contributed by atoms with Gasteiger partial charge in [-0.2, -0.15) is 0 Å². The van der Waals surface area contributed by atoms with E-state index in [1.165, 1.54) is 30.8 Å². The van der Waals surface area contributed by atoms with E-state index in [9.17, 15) is 4.79 Å². The third kappa shape index (κ3) is 5.55. The minimum Gasteiger partial charge on any atom is -0.484 e. The lowest BCUT2D eigenvalue weighted by atomic mass is 10.1. The summed E-state index contributed by atoms with van der Waals surface area (Å²) in [5.74, 6) is -0.424. The van der Waals surface area contributed by atoms with Gasteiger partial charge in [0.2, 0.25) is 5.88 Å². The molecule has 2 atom stereocenters. The maximum absolute atomic E-state index is 15.3. The van der Waals surface area contributed by atoms with Gasteiger partial charge < -0.3 is 14.2 Å². The molecular weight excluding hydrogens is 545 g/mol. The summed E-state index contributed by atoms with van der Waals surface area (Å²) in [6.45, 7) is 5.26. The van der Waals surface area contributed by atoms with Crippen molar-refractivity contribution in [2.24, 2.45) is 0 Å². The molecule has 1 amide bonds. The number of nitrogens with zero attached hydrogens (tertiary/aromatic N) is 4. The molecule has 0 bridgehead atoms. The van der Waals surface area contributed by atoms with Crippen molar-refractivity contribution < 1.29 is 23.4 Å². The van der Waals surface area contributed by atoms with E-state index in [-0.39, 0.29) is 10.8 Å². The van der Waals surface area contributed by atoms with Crippen LogP contribution >= 0.6 is 22.9 Å². The molecule has 0 aliphatic heterocycles. The fourth-order valence-electron chi connectivity index (χ4n) is 3.84. The molecule has 0 saturated carbocycles. The van der Waals surface area contributed by atoms with Crippen LogP contribution in [0.1, 0.15) is 19.4 Å². The Labute approximate surface area is 232 Å². The lowest BCUT2D eigenvalue weighted by Gasteiger charge is -2.22. The van der Waals surface area contributed by atoms with Gasteiger partial charge in [-0.3, -0.25) is 10.3 Å². The number of hydrogen-bond donors (Lipinski definition) is 1. The molecular formula is C27H23ClFN5O4S. The number of hydrogen-bond acceptors (Lipinski definition) is 9. The molecule has 0 fully saturated rings. The first-order valence-electron chi connectivity index (χ1n) is 11.9. The van der Waals surface area contributed by atoms with Crippen LogP contribution in [-0.4, -0.2) is 45.3 Å². The van der Waals surface area contributed by atoms with Crippen molar-refractivity contribution in [2.45, 2.75) is 33.0 Å². The first kappa shape index (κ1) is 26.5. The highest BCUT2D eigenvalue weighted by Crippen LogP contribution is 2.41. The minimum absolute atomic E-state index is 0.0723. The van der Waals surface area contributed by atoms with Crippen molar-refractivity contribution in [1.82, 2.24) is 19.9 Å². The SMILES string of the molecule is COc1cnc2c(-c3nc4c(Cl)c(F)c(O[C@@H](C)[C@@H](C)OC(=O)Nc5cccnc5)cc4s3)cc(C)cc2n1. The summed E-state index contributed by atoms with van der Waals surface area (Å²) in [4.78, 5) is 29.8. The zero-order valence-electron chi connectivity index (χ0n) is 21.4. The average molecular weight is 568 g/mol. The molecule has 200 valence electrons. The summed E-state index contributed by atoms with van der Waals surface area (Å²) in [7, 11) is 1.53. The van der Waals surface area contributed by atoms with Gasteiger partial charge in [0.15, 0.2) is 11.6 Å². The lowest BCUT2D eigenvalue weighted by Crippen LogP contribution is -2.32. The van der Waals surface area contributed by atoms with Crippen molar-refractivity contribution in [1.29, 1.82) is 0 Å². The normalized spacial score (nSPS) is 12.8. The van der Waals surface area contributed by atoms with Gasteiger partial charge in [-0.15, -0.1) is 11.3 Å². The largest absolute Gasteiger partial charge is 0.484 e. The van der Waals surface area contributed by atoms with Crippen molar-refractivity contribution in [3.05, 3.63) is 65.3 Å². The Hall–Kier alpha value is -4.09. The van der Waals surface area contributed by atoms with Crippen LogP contribution in [0, 0.1) is 12.7 Å². The second-order valence-corrected chi connectivity index (χ2v) is 10.2. The fourth-order valence-corrected chi connectivity index (χ4v) is 5.15. The Balaban J connectivity index is 1.40. The Bertz CT molecular complexity index is 1680. The summed E-state index contributed by atoms with van der Waals surface area (Å²) in [6.07, 6.45) is 2.54. The molecule has 1 N–H and O–H groups in total. The molecule has 39 heavy (non-hydrogen) atoms. The Morgan fingerprint density at radius 1 is 1.13 bits per heavy atom. The number of benzene rings is 2. The van der Waals surface area contributed by atoms with Gasteiger partial charge in [-0.25, -0.2) is 24.1 Å². The number of aryl methyl sites for hydroxylation is 1. The quantitative estimate of drug-likeness (QED) is 0.228. The highest BCUT2D eigenvalue weighted by atomic mass is 35.5. The number of methoxy groups -OCH3 is 1. The molecule has 0 aliphatic carbocycles. The predicted octanol–water partition coefficient (Wildman–Crippen LogP) is 6.82. The van der Waals surface area contributed by atoms with Crippen LogP contribution in [0.5, 0.6) is 11.6 Å². The Kier molecular flexibility index (Phi) is 7.45. The lowest BCUT2D eigenvalue weighted by molar-refractivity contribution is 0.0402. The number of thiazole rings is 1. The smallest absolute Gasteiger partial charge is 0.412 e. The average Bonchev–Trinajstić information content (AvgIpc) is 3.35. The minimum atomic E-state index is -0.751. The molecule has 0 aliphatic rings. The number of anilines is 1. The van der Waals surface area contributed by atoms with Gasteiger partial charge in [-0.05, 0) is 50.6 Å². The van der Waals surface area contributed by atoms with Crippen LogP contribution in [0.3, 0.4) is 0 Å². The van der Waals surface area contributed by atoms with E-state index in [0.29, 0.717) is 37.8 Å². The number of halogens is 2. The van der Waals surface area contributed by atoms with E-state index >= 15 is 4.39 Å². The van der Waals surface area contributed by atoms with Gasteiger partial charge in [0.25, 0.3) is 0 Å². The number of carbonyl (C=O) groups is 1. The number of ether oxygens (including phenoxy) is 3. The molecule has 0 spiro atoms. The van der Waals surface area contributed by atoms with E-state index in [1.807, 2.05) is 19.1 Å². The fraction of sp³-hybridized carbons (Fsp3) is 0.222. The maximum atomic E-state index is 15.3. The van der Waals surface area contributed by atoms with Gasteiger partial charge >= 0.3 is 6.09 Å². The number of carbonyl (C=O) groups excluding carboxylic acids is 1.